The number of nitrogens with zero attached hydrogens (tertiary/aromatic N) is 3. The van der Waals surface area contributed by atoms with Gasteiger partial charge >= 0.3 is 6.61 Å². The zero-order valence-corrected chi connectivity index (χ0v) is 24.7. The number of hydrogen-bond donors (Lipinski definition) is 1. The number of benzene rings is 2. The van der Waals surface area contributed by atoms with Crippen LogP contribution in [-0.4, -0.2) is 85.8 Å². The third-order valence-electron chi connectivity index (χ3n) is 6.87. The number of carbonyl (C=O) groups excluding carboxylic acids is 3. The Kier molecular flexibility index (Phi) is 11.1. The molecule has 3 aromatic rings. The number of rotatable bonds is 14. The number of aromatic nitrogens is 2. The van der Waals surface area contributed by atoms with Crippen molar-refractivity contribution in [3.05, 3.63) is 66.1 Å². The lowest BCUT2D eigenvalue weighted by atomic mass is 10.0. The molecule has 1 saturated heterocycles. The first-order valence-corrected chi connectivity index (χ1v) is 15.7. The van der Waals surface area contributed by atoms with E-state index >= 15 is 0 Å². The van der Waals surface area contributed by atoms with E-state index in [1.165, 1.54) is 29.2 Å². The van der Waals surface area contributed by atoms with Crippen molar-refractivity contribution in [2.75, 3.05) is 32.1 Å². The summed E-state index contributed by atoms with van der Waals surface area (Å²) >= 11 is 0. The first-order valence-electron chi connectivity index (χ1n) is 13.9. The number of nitrogens with one attached hydrogen (secondary N) is 1. The molecule has 236 valence electrons. The molecule has 1 fully saturated rings. The smallest absolute Gasteiger partial charge is 0.387 e. The highest BCUT2D eigenvalue weighted by Crippen LogP contribution is 2.24. The summed E-state index contributed by atoms with van der Waals surface area (Å²) in [5, 5.41) is 10.2. The van der Waals surface area contributed by atoms with Gasteiger partial charge in [-0.15, -0.1) is 10.2 Å². The molecule has 2 atom stereocenters. The highest BCUT2D eigenvalue weighted by molar-refractivity contribution is 7.90. The summed E-state index contributed by atoms with van der Waals surface area (Å²) in [6.07, 6.45) is -0.369. The Morgan fingerprint density at radius 2 is 1.70 bits per heavy atom. The molecule has 0 radical (unpaired) electrons. The number of para-hydroxylation sites is 1. The summed E-state index contributed by atoms with van der Waals surface area (Å²) in [6.45, 7) is -0.409. The Bertz CT molecular complexity index is 1550. The van der Waals surface area contributed by atoms with Crippen LogP contribution in [0.1, 0.15) is 36.0 Å². The summed E-state index contributed by atoms with van der Waals surface area (Å²) in [5.74, 6) is -5.47. The number of sulfone groups is 1. The molecule has 4 rings (SSSR count). The number of ether oxygens (including phenoxy) is 2. The van der Waals surface area contributed by atoms with Gasteiger partial charge in [0, 0.05) is 30.6 Å². The average molecular weight is 635 g/mol. The molecule has 1 aromatic heterocycles. The van der Waals surface area contributed by atoms with Crippen molar-refractivity contribution < 1.29 is 45.5 Å². The number of carbonyl (C=O) groups is 3. The second-order valence-electron chi connectivity index (χ2n) is 10.0. The lowest BCUT2D eigenvalue weighted by Gasteiger charge is -2.28. The molecule has 0 saturated carbocycles. The summed E-state index contributed by atoms with van der Waals surface area (Å²) < 4.78 is 67.6. The third-order valence-corrected chi connectivity index (χ3v) is 8.53. The second-order valence-corrected chi connectivity index (χ2v) is 12.2. The van der Waals surface area contributed by atoms with Crippen LogP contribution in [0.4, 0.5) is 8.78 Å². The average Bonchev–Trinajstić information content (AvgIpc) is 3.51. The van der Waals surface area contributed by atoms with Crippen LogP contribution >= 0.6 is 0 Å². The van der Waals surface area contributed by atoms with Gasteiger partial charge in [-0.1, -0.05) is 43.3 Å². The predicted molar refractivity (Wildman–Crippen MR) is 152 cm³/mol. The van der Waals surface area contributed by atoms with E-state index in [1.54, 1.807) is 37.3 Å². The molecule has 1 aliphatic rings. The van der Waals surface area contributed by atoms with E-state index in [0.29, 0.717) is 18.8 Å². The van der Waals surface area contributed by atoms with Gasteiger partial charge < -0.3 is 24.1 Å². The fraction of sp³-hybridized carbons (Fsp3) is 0.414. The lowest BCUT2D eigenvalue weighted by molar-refractivity contribution is -0.139. The van der Waals surface area contributed by atoms with Gasteiger partial charge in [-0.05, 0) is 24.6 Å². The summed E-state index contributed by atoms with van der Waals surface area (Å²) in [5.41, 5.74) is 0.558. The van der Waals surface area contributed by atoms with Crippen molar-refractivity contribution in [1.82, 2.24) is 20.4 Å². The monoisotopic (exact) mass is 634 g/mol. The molecule has 2 unspecified atom stereocenters. The van der Waals surface area contributed by atoms with Crippen LogP contribution in [0.25, 0.3) is 11.5 Å². The van der Waals surface area contributed by atoms with E-state index in [1.807, 2.05) is 0 Å². The fourth-order valence-electron chi connectivity index (χ4n) is 4.63. The number of Topliss-reactive ketones (excluding diaryl/α,β-unsaturated/α-hetero) is 1. The molecule has 0 aliphatic carbocycles. The van der Waals surface area contributed by atoms with Crippen molar-refractivity contribution in [2.24, 2.45) is 5.92 Å². The van der Waals surface area contributed by atoms with Gasteiger partial charge in [0.1, 0.15) is 5.75 Å². The molecule has 12 nitrogen and oxygen atoms in total. The number of hydrogen-bond acceptors (Lipinski definition) is 10. The first-order chi connectivity index (χ1) is 21.1. The van der Waals surface area contributed by atoms with Crippen LogP contribution in [-0.2, 0) is 29.9 Å². The molecular weight excluding hydrogens is 602 g/mol. The highest BCUT2D eigenvalue weighted by Gasteiger charge is 2.34. The molecule has 15 heteroatoms. The number of alkyl halides is 2. The van der Waals surface area contributed by atoms with Crippen LogP contribution in [0.5, 0.6) is 5.75 Å². The molecule has 2 heterocycles. The van der Waals surface area contributed by atoms with Gasteiger partial charge in [0.15, 0.2) is 9.84 Å². The number of halogens is 2. The summed E-state index contributed by atoms with van der Waals surface area (Å²) in [7, 11) is -4.16. The normalized spacial score (nSPS) is 15.0. The summed E-state index contributed by atoms with van der Waals surface area (Å²) in [6, 6.07) is 13.0. The molecule has 1 N–H and O–H groups in total. The van der Waals surface area contributed by atoms with E-state index in [4.69, 9.17) is 9.15 Å². The van der Waals surface area contributed by atoms with Crippen molar-refractivity contribution in [3.63, 3.8) is 0 Å². The maximum Gasteiger partial charge on any atom is 0.387 e. The quantitative estimate of drug-likeness (QED) is 0.262. The summed E-state index contributed by atoms with van der Waals surface area (Å²) in [4.78, 5) is 41.3. The van der Waals surface area contributed by atoms with E-state index in [9.17, 15) is 31.6 Å². The molecule has 2 aromatic carbocycles. The van der Waals surface area contributed by atoms with Crippen molar-refractivity contribution in [2.45, 2.75) is 38.2 Å². The van der Waals surface area contributed by atoms with Crippen LogP contribution in [0.2, 0.25) is 0 Å². The number of amides is 2. The Morgan fingerprint density at radius 1 is 1.02 bits per heavy atom. The van der Waals surface area contributed by atoms with E-state index in [0.717, 1.165) is 0 Å². The molecular formula is C29H32F2N4O8S. The van der Waals surface area contributed by atoms with Crippen LogP contribution in [0.3, 0.4) is 0 Å². The van der Waals surface area contributed by atoms with Gasteiger partial charge in [0.05, 0.1) is 36.7 Å². The Morgan fingerprint density at radius 3 is 2.39 bits per heavy atom. The molecule has 1 aliphatic heterocycles. The fourth-order valence-corrected chi connectivity index (χ4v) is 6.34. The molecule has 0 bridgehead atoms. The maximum absolute atomic E-state index is 13.5. The van der Waals surface area contributed by atoms with Gasteiger partial charge in [0.2, 0.25) is 23.5 Å². The van der Waals surface area contributed by atoms with Crippen LogP contribution < -0.4 is 10.1 Å². The standard InChI is InChI=1S/C29H32F2N4O8S/c1-2-22(25(37)28-34-33-27(43-28)19-8-4-3-5-9-19)32-26(38)21(16-24(36)35-12-14-41-15-13-35)18-44(39,40)17-20-10-6-7-11-23(20)42-29(30)31/h3-11,21-22,29H,2,12-18H2,1H3,(H,32,38). The molecule has 2 amide bonds. The number of morpholine rings is 1. The van der Waals surface area contributed by atoms with Crippen LogP contribution in [0, 0.1) is 5.92 Å². The topological polar surface area (TPSA) is 158 Å². The first kappa shape index (κ1) is 32.7. The number of ketones is 1. The van der Waals surface area contributed by atoms with Gasteiger partial charge in [-0.2, -0.15) is 8.78 Å². The maximum atomic E-state index is 13.5. The van der Waals surface area contributed by atoms with E-state index in [-0.39, 0.29) is 42.6 Å². The Labute approximate surface area is 252 Å². The van der Waals surface area contributed by atoms with Crippen LogP contribution in [0.15, 0.2) is 59.0 Å². The lowest BCUT2D eigenvalue weighted by Crippen LogP contribution is -2.47. The largest absolute Gasteiger partial charge is 0.435 e. The van der Waals surface area contributed by atoms with Gasteiger partial charge in [-0.25, -0.2) is 8.42 Å². The molecule has 44 heavy (non-hydrogen) atoms. The minimum absolute atomic E-state index is 0.0290. The second kappa shape index (κ2) is 15.0. The zero-order chi connectivity index (χ0) is 31.7. The van der Waals surface area contributed by atoms with E-state index < -0.39 is 63.9 Å². The minimum atomic E-state index is -4.16. The molecule has 0 spiro atoms. The SMILES string of the molecule is CCC(NC(=O)C(CC(=O)N1CCOCC1)CS(=O)(=O)Cc1ccccc1OC(F)F)C(=O)c1nnc(-c2ccccc2)o1. The zero-order valence-electron chi connectivity index (χ0n) is 23.9. The predicted octanol–water partition coefficient (Wildman–Crippen LogP) is 2.90. The highest BCUT2D eigenvalue weighted by atomic mass is 32.2. The van der Waals surface area contributed by atoms with Crippen molar-refractivity contribution in [3.8, 4) is 17.2 Å². The van der Waals surface area contributed by atoms with Crippen molar-refractivity contribution in [1.29, 1.82) is 0 Å². The van der Waals surface area contributed by atoms with Gasteiger partial charge in [-0.3, -0.25) is 14.4 Å². The van der Waals surface area contributed by atoms with Crippen molar-refractivity contribution >= 4 is 27.4 Å². The minimum Gasteiger partial charge on any atom is -0.435 e. The Balaban J connectivity index is 1.52. The Hall–Kier alpha value is -4.24. The van der Waals surface area contributed by atoms with E-state index in [2.05, 4.69) is 20.3 Å². The van der Waals surface area contributed by atoms with Gasteiger partial charge in [0.25, 0.3) is 5.89 Å². The third kappa shape index (κ3) is 8.89.